The number of guanidine groups is 1. The summed E-state index contributed by atoms with van der Waals surface area (Å²) in [7, 11) is 0. The Balaban J connectivity index is 1.81. The highest BCUT2D eigenvalue weighted by Crippen LogP contribution is 2.33. The molecule has 0 amide bonds. The molecule has 0 aromatic heterocycles. The van der Waals surface area contributed by atoms with Crippen LogP contribution in [0.4, 0.5) is 0 Å². The Morgan fingerprint density at radius 2 is 1.96 bits per heavy atom. The molecule has 1 aromatic rings. The number of hydrogen-bond acceptors (Lipinski definition) is 3. The molecule has 1 fully saturated rings. The molecule has 0 spiro atoms. The largest absolute Gasteiger partial charge is 0.381 e. The molecule has 1 saturated heterocycles. The third kappa shape index (κ3) is 8.31. The second-order valence-electron chi connectivity index (χ2n) is 7.07. The Hall–Kier alpha value is -1.59. The van der Waals surface area contributed by atoms with Gasteiger partial charge in [-0.25, -0.2) is 0 Å². The first kappa shape index (κ1) is 21.7. The van der Waals surface area contributed by atoms with Crippen LogP contribution < -0.4 is 10.6 Å². The molecule has 1 aliphatic heterocycles. The second kappa shape index (κ2) is 13.6. The third-order valence-electron chi connectivity index (χ3n) is 4.80. The van der Waals surface area contributed by atoms with E-state index in [1.165, 1.54) is 12.0 Å². The van der Waals surface area contributed by atoms with Crippen molar-refractivity contribution in [2.24, 2.45) is 10.9 Å². The zero-order valence-corrected chi connectivity index (χ0v) is 17.1. The van der Waals surface area contributed by atoms with E-state index in [4.69, 9.17) is 14.5 Å². The fourth-order valence-electron chi connectivity index (χ4n) is 3.32. The van der Waals surface area contributed by atoms with Crippen LogP contribution in [0, 0.1) is 5.92 Å². The van der Waals surface area contributed by atoms with E-state index in [1.807, 2.05) is 0 Å². The van der Waals surface area contributed by atoms with Crippen LogP contribution in [0.25, 0.3) is 0 Å². The SMILES string of the molecule is CCCCOCCCNC(=NCC1CCCOC1c1ccccc1)NCC. The summed E-state index contributed by atoms with van der Waals surface area (Å²) in [6, 6.07) is 10.5. The van der Waals surface area contributed by atoms with E-state index in [9.17, 15) is 0 Å². The predicted molar refractivity (Wildman–Crippen MR) is 112 cm³/mol. The molecule has 152 valence electrons. The van der Waals surface area contributed by atoms with Gasteiger partial charge in [-0.05, 0) is 38.2 Å². The molecule has 27 heavy (non-hydrogen) atoms. The van der Waals surface area contributed by atoms with Crippen LogP contribution in [0.3, 0.4) is 0 Å². The molecule has 2 unspecified atom stereocenters. The summed E-state index contributed by atoms with van der Waals surface area (Å²) in [5.41, 5.74) is 1.26. The smallest absolute Gasteiger partial charge is 0.191 e. The quantitative estimate of drug-likeness (QED) is 0.350. The minimum atomic E-state index is 0.151. The van der Waals surface area contributed by atoms with Gasteiger partial charge in [0.1, 0.15) is 0 Å². The van der Waals surface area contributed by atoms with Crippen molar-refractivity contribution in [2.75, 3.05) is 39.5 Å². The molecule has 1 aromatic carbocycles. The van der Waals surface area contributed by atoms with Crippen molar-refractivity contribution in [2.45, 2.75) is 52.1 Å². The molecule has 0 bridgehead atoms. The summed E-state index contributed by atoms with van der Waals surface area (Å²) in [6.45, 7) is 9.32. The molecule has 2 N–H and O–H groups in total. The first-order chi connectivity index (χ1) is 13.3. The predicted octanol–water partition coefficient (Wildman–Crippen LogP) is 3.92. The number of unbranched alkanes of at least 4 members (excludes halogenated alkanes) is 1. The Morgan fingerprint density at radius 3 is 2.74 bits per heavy atom. The second-order valence-corrected chi connectivity index (χ2v) is 7.07. The van der Waals surface area contributed by atoms with Crippen molar-refractivity contribution in [3.8, 4) is 0 Å². The molecule has 1 aliphatic rings. The Morgan fingerprint density at radius 1 is 1.15 bits per heavy atom. The molecule has 0 aliphatic carbocycles. The number of nitrogens with zero attached hydrogens (tertiary/aromatic N) is 1. The van der Waals surface area contributed by atoms with Gasteiger partial charge >= 0.3 is 0 Å². The Labute approximate surface area is 164 Å². The van der Waals surface area contributed by atoms with Gasteiger partial charge < -0.3 is 20.1 Å². The van der Waals surface area contributed by atoms with E-state index in [0.717, 1.165) is 71.1 Å². The fourth-order valence-corrected chi connectivity index (χ4v) is 3.32. The van der Waals surface area contributed by atoms with Crippen molar-refractivity contribution in [1.82, 2.24) is 10.6 Å². The van der Waals surface area contributed by atoms with Gasteiger partial charge in [-0.3, -0.25) is 4.99 Å². The molecule has 5 heteroatoms. The van der Waals surface area contributed by atoms with Crippen LogP contribution >= 0.6 is 0 Å². The number of rotatable bonds is 11. The number of ether oxygens (including phenoxy) is 2. The minimum Gasteiger partial charge on any atom is -0.381 e. The zero-order valence-electron chi connectivity index (χ0n) is 17.1. The van der Waals surface area contributed by atoms with Crippen molar-refractivity contribution in [3.63, 3.8) is 0 Å². The van der Waals surface area contributed by atoms with Crippen molar-refractivity contribution >= 4 is 5.96 Å². The summed E-state index contributed by atoms with van der Waals surface area (Å²) in [6.07, 6.45) is 5.75. The van der Waals surface area contributed by atoms with Crippen LogP contribution in [0.15, 0.2) is 35.3 Å². The summed E-state index contributed by atoms with van der Waals surface area (Å²) in [5.74, 6) is 1.32. The van der Waals surface area contributed by atoms with Crippen LogP contribution in [0.2, 0.25) is 0 Å². The topological polar surface area (TPSA) is 54.9 Å². The minimum absolute atomic E-state index is 0.151. The van der Waals surface area contributed by atoms with E-state index < -0.39 is 0 Å². The summed E-state index contributed by atoms with van der Waals surface area (Å²) < 4.78 is 11.7. The average molecular weight is 376 g/mol. The van der Waals surface area contributed by atoms with E-state index in [1.54, 1.807) is 0 Å². The van der Waals surface area contributed by atoms with Crippen molar-refractivity contribution < 1.29 is 9.47 Å². The Bertz CT molecular complexity index is 522. The summed E-state index contributed by atoms with van der Waals surface area (Å²) >= 11 is 0. The lowest BCUT2D eigenvalue weighted by atomic mass is 9.89. The highest BCUT2D eigenvalue weighted by atomic mass is 16.5. The Kier molecular flexibility index (Phi) is 10.9. The molecule has 5 nitrogen and oxygen atoms in total. The van der Waals surface area contributed by atoms with Gasteiger partial charge in [0, 0.05) is 45.4 Å². The normalized spacial score (nSPS) is 20.4. The lowest BCUT2D eigenvalue weighted by molar-refractivity contribution is -0.0250. The molecule has 2 rings (SSSR count). The highest BCUT2D eigenvalue weighted by molar-refractivity contribution is 5.79. The first-order valence-electron chi connectivity index (χ1n) is 10.6. The number of aliphatic imine (C=N–C) groups is 1. The van der Waals surface area contributed by atoms with Crippen LogP contribution in [-0.2, 0) is 9.47 Å². The van der Waals surface area contributed by atoms with E-state index in [-0.39, 0.29) is 6.10 Å². The molecule has 0 radical (unpaired) electrons. The van der Waals surface area contributed by atoms with Crippen molar-refractivity contribution in [3.05, 3.63) is 35.9 Å². The third-order valence-corrected chi connectivity index (χ3v) is 4.80. The monoisotopic (exact) mass is 375 g/mol. The van der Waals surface area contributed by atoms with Gasteiger partial charge in [0.05, 0.1) is 6.10 Å². The maximum absolute atomic E-state index is 6.09. The van der Waals surface area contributed by atoms with Gasteiger partial charge in [-0.2, -0.15) is 0 Å². The van der Waals surface area contributed by atoms with E-state index >= 15 is 0 Å². The summed E-state index contributed by atoms with van der Waals surface area (Å²) in [4.78, 5) is 4.83. The van der Waals surface area contributed by atoms with Gasteiger partial charge in [-0.1, -0.05) is 43.7 Å². The maximum atomic E-state index is 6.09. The molecule has 1 heterocycles. The molecule has 0 saturated carbocycles. The van der Waals surface area contributed by atoms with Crippen LogP contribution in [-0.4, -0.2) is 45.4 Å². The zero-order chi connectivity index (χ0) is 19.2. The number of hydrogen-bond donors (Lipinski definition) is 2. The van der Waals surface area contributed by atoms with Crippen LogP contribution in [0.5, 0.6) is 0 Å². The highest BCUT2D eigenvalue weighted by Gasteiger charge is 2.27. The fraction of sp³-hybridized carbons (Fsp3) is 0.682. The van der Waals surface area contributed by atoms with Gasteiger partial charge in [-0.15, -0.1) is 0 Å². The van der Waals surface area contributed by atoms with Gasteiger partial charge in [0.2, 0.25) is 0 Å². The van der Waals surface area contributed by atoms with E-state index in [2.05, 4.69) is 54.8 Å². The number of benzene rings is 1. The van der Waals surface area contributed by atoms with E-state index in [0.29, 0.717) is 5.92 Å². The first-order valence-corrected chi connectivity index (χ1v) is 10.6. The standard InChI is InChI=1S/C22H37N3O2/c1-3-5-15-26-16-10-14-24-22(23-4-2)25-18-20-13-9-17-27-21(20)19-11-7-6-8-12-19/h6-8,11-12,20-21H,3-5,9-10,13-18H2,1-2H3,(H2,23,24,25). The van der Waals surface area contributed by atoms with Gasteiger partial charge in [0.25, 0.3) is 0 Å². The summed E-state index contributed by atoms with van der Waals surface area (Å²) in [5, 5.41) is 6.77. The average Bonchev–Trinajstić information content (AvgIpc) is 2.72. The molecular formula is C22H37N3O2. The lowest BCUT2D eigenvalue weighted by Gasteiger charge is -2.31. The number of nitrogens with one attached hydrogen (secondary N) is 2. The maximum Gasteiger partial charge on any atom is 0.191 e. The van der Waals surface area contributed by atoms with Crippen LogP contribution in [0.1, 0.15) is 57.6 Å². The lowest BCUT2D eigenvalue weighted by Crippen LogP contribution is -2.39. The molecular weight excluding hydrogens is 338 g/mol. The van der Waals surface area contributed by atoms with Gasteiger partial charge in [0.15, 0.2) is 5.96 Å². The van der Waals surface area contributed by atoms with Crippen molar-refractivity contribution in [1.29, 1.82) is 0 Å². The molecule has 2 atom stereocenters.